The van der Waals surface area contributed by atoms with Crippen LogP contribution in [0.2, 0.25) is 19.6 Å². The topological polar surface area (TPSA) is 92.4 Å². The van der Waals surface area contributed by atoms with Crippen LogP contribution in [0.1, 0.15) is 5.56 Å². The van der Waals surface area contributed by atoms with Gasteiger partial charge in [0.05, 0.1) is 8.07 Å². The van der Waals surface area contributed by atoms with Gasteiger partial charge in [0.15, 0.2) is 0 Å². The van der Waals surface area contributed by atoms with Crippen LogP contribution in [-0.2, 0) is 11.2 Å². The maximum Gasteiger partial charge on any atom is 0.326 e. The summed E-state index contributed by atoms with van der Waals surface area (Å²) < 4.78 is 0. The molecule has 0 saturated carbocycles. The lowest BCUT2D eigenvalue weighted by molar-refractivity contribution is -0.139. The van der Waals surface area contributed by atoms with Gasteiger partial charge >= 0.3 is 12.0 Å². The predicted octanol–water partition coefficient (Wildman–Crippen LogP) is 0.896. The molecule has 0 radical (unpaired) electrons. The highest BCUT2D eigenvalue weighted by Gasteiger charge is 2.20. The molecule has 104 valence electrons. The molecule has 1 aromatic rings. The number of primary amides is 1. The third kappa shape index (κ3) is 4.74. The Balaban J connectivity index is 2.81. The van der Waals surface area contributed by atoms with E-state index in [1.807, 2.05) is 24.3 Å². The summed E-state index contributed by atoms with van der Waals surface area (Å²) in [5.74, 6) is -1.09. The van der Waals surface area contributed by atoms with Crippen LogP contribution < -0.4 is 16.2 Å². The molecule has 0 aliphatic heterocycles. The highest BCUT2D eigenvalue weighted by molar-refractivity contribution is 6.88. The van der Waals surface area contributed by atoms with Gasteiger partial charge in [0.25, 0.3) is 0 Å². The van der Waals surface area contributed by atoms with E-state index in [1.54, 1.807) is 0 Å². The minimum absolute atomic E-state index is 0.226. The van der Waals surface area contributed by atoms with E-state index in [2.05, 4.69) is 25.0 Å². The van der Waals surface area contributed by atoms with Crippen molar-refractivity contribution in [2.24, 2.45) is 5.73 Å². The van der Waals surface area contributed by atoms with Crippen LogP contribution in [0.15, 0.2) is 24.3 Å². The zero-order valence-corrected chi connectivity index (χ0v) is 12.4. The molecule has 0 unspecified atom stereocenters. The zero-order valence-electron chi connectivity index (χ0n) is 11.4. The van der Waals surface area contributed by atoms with Crippen molar-refractivity contribution in [2.75, 3.05) is 0 Å². The first kappa shape index (κ1) is 15.2. The third-order valence-corrected chi connectivity index (χ3v) is 4.94. The summed E-state index contributed by atoms with van der Waals surface area (Å²) in [4.78, 5) is 21.7. The van der Waals surface area contributed by atoms with E-state index in [9.17, 15) is 9.59 Å². The fourth-order valence-electron chi connectivity index (χ4n) is 1.75. The maximum atomic E-state index is 11.0. The molecule has 0 aliphatic carbocycles. The number of nitrogens with one attached hydrogen (secondary N) is 1. The summed E-state index contributed by atoms with van der Waals surface area (Å²) in [5, 5.41) is 12.5. The first-order chi connectivity index (χ1) is 8.70. The Hall–Kier alpha value is -1.82. The van der Waals surface area contributed by atoms with Crippen LogP contribution >= 0.6 is 0 Å². The Morgan fingerprint density at radius 2 is 1.79 bits per heavy atom. The van der Waals surface area contributed by atoms with Gasteiger partial charge < -0.3 is 16.2 Å². The second-order valence-electron chi connectivity index (χ2n) is 5.55. The average molecular weight is 280 g/mol. The van der Waals surface area contributed by atoms with Gasteiger partial charge in [-0.05, 0) is 5.56 Å². The standard InChI is InChI=1S/C13H20N2O3Si/c1-19(2,3)10-6-4-9(5-7-10)8-11(12(16)17)15-13(14)18/h4-7,11H,8H2,1-3H3,(H,16,17)(H3,14,15,18)/t11-/m0/s1. The molecule has 0 fully saturated rings. The molecule has 0 spiro atoms. The Morgan fingerprint density at radius 3 is 2.16 bits per heavy atom. The van der Waals surface area contributed by atoms with E-state index in [0.717, 1.165) is 5.56 Å². The molecule has 0 aliphatic rings. The Kier molecular flexibility index (Phi) is 4.71. The van der Waals surface area contributed by atoms with Crippen LogP contribution in [0.25, 0.3) is 0 Å². The van der Waals surface area contributed by atoms with Crippen LogP contribution in [0, 0.1) is 0 Å². The summed E-state index contributed by atoms with van der Waals surface area (Å²) in [7, 11) is -1.35. The lowest BCUT2D eigenvalue weighted by Crippen LogP contribution is -2.45. The monoisotopic (exact) mass is 280 g/mol. The number of carbonyl (C=O) groups excluding carboxylic acids is 1. The maximum absolute atomic E-state index is 11.0. The Bertz CT molecular complexity index is 466. The van der Waals surface area contributed by atoms with E-state index in [-0.39, 0.29) is 6.42 Å². The van der Waals surface area contributed by atoms with Crippen molar-refractivity contribution in [1.82, 2.24) is 5.32 Å². The van der Waals surface area contributed by atoms with E-state index in [4.69, 9.17) is 10.8 Å². The molecule has 0 bridgehead atoms. The van der Waals surface area contributed by atoms with Crippen LogP contribution in [0.4, 0.5) is 4.79 Å². The summed E-state index contributed by atoms with van der Waals surface area (Å²) >= 11 is 0. The Morgan fingerprint density at radius 1 is 1.26 bits per heavy atom. The molecule has 1 atom stereocenters. The van der Waals surface area contributed by atoms with Gasteiger partial charge in [0, 0.05) is 6.42 Å². The molecule has 2 amide bonds. The lowest BCUT2D eigenvalue weighted by atomic mass is 10.1. The van der Waals surface area contributed by atoms with Crippen LogP contribution in [0.3, 0.4) is 0 Å². The average Bonchev–Trinajstić information content (AvgIpc) is 2.27. The van der Waals surface area contributed by atoms with Crippen molar-refractivity contribution in [3.05, 3.63) is 29.8 Å². The molecule has 19 heavy (non-hydrogen) atoms. The molecule has 0 saturated heterocycles. The number of benzene rings is 1. The highest BCUT2D eigenvalue weighted by Crippen LogP contribution is 2.07. The van der Waals surface area contributed by atoms with Crippen molar-refractivity contribution >= 4 is 25.3 Å². The normalized spacial score (nSPS) is 12.8. The summed E-state index contributed by atoms with van der Waals surface area (Å²) in [5.41, 5.74) is 5.82. The predicted molar refractivity (Wildman–Crippen MR) is 77.3 cm³/mol. The molecular weight excluding hydrogens is 260 g/mol. The third-order valence-electron chi connectivity index (χ3n) is 2.87. The second kappa shape index (κ2) is 5.88. The number of carbonyl (C=O) groups is 2. The number of nitrogens with two attached hydrogens (primary N) is 1. The second-order valence-corrected chi connectivity index (χ2v) is 10.6. The number of hydrogen-bond donors (Lipinski definition) is 3. The molecule has 1 rings (SSSR count). The lowest BCUT2D eigenvalue weighted by Gasteiger charge is -2.18. The van der Waals surface area contributed by atoms with Gasteiger partial charge in [-0.2, -0.15) is 0 Å². The largest absolute Gasteiger partial charge is 0.480 e. The molecule has 4 N–H and O–H groups in total. The highest BCUT2D eigenvalue weighted by atomic mass is 28.3. The fraction of sp³-hybridized carbons (Fsp3) is 0.385. The molecule has 6 heteroatoms. The Labute approximate surface area is 113 Å². The van der Waals surface area contributed by atoms with Gasteiger partial charge in [-0.25, -0.2) is 9.59 Å². The van der Waals surface area contributed by atoms with Gasteiger partial charge in [0.2, 0.25) is 0 Å². The molecule has 0 aromatic heterocycles. The number of amides is 2. The molecule has 1 aromatic carbocycles. The number of carboxylic acids is 1. The fourth-order valence-corrected chi connectivity index (χ4v) is 2.91. The van der Waals surface area contributed by atoms with E-state index in [0.29, 0.717) is 0 Å². The minimum Gasteiger partial charge on any atom is -0.480 e. The first-order valence-electron chi connectivity index (χ1n) is 6.08. The van der Waals surface area contributed by atoms with Crippen LogP contribution in [-0.4, -0.2) is 31.2 Å². The van der Waals surface area contributed by atoms with Gasteiger partial charge in [-0.15, -0.1) is 0 Å². The van der Waals surface area contributed by atoms with Crippen molar-refractivity contribution in [3.8, 4) is 0 Å². The quantitative estimate of drug-likeness (QED) is 0.700. The molecule has 5 nitrogen and oxygen atoms in total. The van der Waals surface area contributed by atoms with Crippen molar-refractivity contribution < 1.29 is 14.7 Å². The summed E-state index contributed by atoms with van der Waals surface area (Å²) in [6.07, 6.45) is 0.226. The van der Waals surface area contributed by atoms with E-state index < -0.39 is 26.1 Å². The number of rotatable bonds is 5. The molecule has 0 heterocycles. The van der Waals surface area contributed by atoms with E-state index in [1.165, 1.54) is 5.19 Å². The van der Waals surface area contributed by atoms with Gasteiger partial charge in [-0.1, -0.05) is 49.1 Å². The SMILES string of the molecule is C[Si](C)(C)c1ccc(C[C@H](NC(N)=O)C(=O)O)cc1. The van der Waals surface area contributed by atoms with Gasteiger partial charge in [-0.3, -0.25) is 0 Å². The van der Waals surface area contributed by atoms with Crippen molar-refractivity contribution in [3.63, 3.8) is 0 Å². The minimum atomic E-state index is -1.35. The van der Waals surface area contributed by atoms with E-state index >= 15 is 0 Å². The number of hydrogen-bond acceptors (Lipinski definition) is 2. The summed E-state index contributed by atoms with van der Waals surface area (Å²) in [6, 6.07) is 6.06. The van der Waals surface area contributed by atoms with Crippen LogP contribution in [0.5, 0.6) is 0 Å². The van der Waals surface area contributed by atoms with Gasteiger partial charge in [0.1, 0.15) is 6.04 Å². The van der Waals surface area contributed by atoms with Crippen molar-refractivity contribution in [1.29, 1.82) is 0 Å². The number of aliphatic carboxylic acids is 1. The first-order valence-corrected chi connectivity index (χ1v) is 9.58. The number of carboxylic acid groups (broad SMARTS) is 1. The summed E-state index contributed by atoms with van der Waals surface area (Å²) in [6.45, 7) is 6.74. The molecular formula is C13H20N2O3Si. The van der Waals surface area contributed by atoms with Crippen molar-refractivity contribution in [2.45, 2.75) is 32.1 Å². The zero-order chi connectivity index (χ0) is 14.6. The smallest absolute Gasteiger partial charge is 0.326 e. The number of urea groups is 1.